The van der Waals surface area contributed by atoms with Gasteiger partial charge in [-0.3, -0.25) is 9.59 Å². The Kier molecular flexibility index (Phi) is 7.61. The van der Waals surface area contributed by atoms with E-state index in [1.165, 1.54) is 0 Å². The van der Waals surface area contributed by atoms with Crippen LogP contribution in [-0.2, 0) is 4.79 Å². The number of hydrogen-bond acceptors (Lipinski definition) is 3. The Hall–Kier alpha value is -3.06. The number of amides is 4. The number of carbonyl (C=O) groups is 3. The van der Waals surface area contributed by atoms with Gasteiger partial charge in [0.05, 0.1) is 10.7 Å². The number of rotatable bonds is 6. The molecular formula is C21H25ClN4O3. The van der Waals surface area contributed by atoms with Crippen molar-refractivity contribution in [1.82, 2.24) is 10.6 Å². The highest BCUT2D eigenvalue weighted by molar-refractivity contribution is 6.33. The molecule has 0 saturated heterocycles. The third-order valence-corrected chi connectivity index (χ3v) is 4.23. The summed E-state index contributed by atoms with van der Waals surface area (Å²) in [5.74, 6) is -0.372. The molecule has 0 aromatic heterocycles. The summed E-state index contributed by atoms with van der Waals surface area (Å²) in [6, 6.07) is 13.1. The molecule has 4 amide bonds. The van der Waals surface area contributed by atoms with Crippen LogP contribution < -0.4 is 21.3 Å². The lowest BCUT2D eigenvalue weighted by atomic mass is 9.95. The molecule has 0 fully saturated rings. The number of para-hydroxylation sites is 1. The zero-order chi connectivity index (χ0) is 21.4. The van der Waals surface area contributed by atoms with E-state index in [1.807, 2.05) is 20.8 Å². The summed E-state index contributed by atoms with van der Waals surface area (Å²) in [6.45, 7) is 5.99. The summed E-state index contributed by atoms with van der Waals surface area (Å²) in [4.78, 5) is 36.0. The van der Waals surface area contributed by atoms with Gasteiger partial charge in [0, 0.05) is 29.8 Å². The van der Waals surface area contributed by atoms with Gasteiger partial charge in [-0.15, -0.1) is 0 Å². The smallest absolute Gasteiger partial charge is 0.319 e. The molecule has 0 unspecified atom stereocenters. The Morgan fingerprint density at radius 2 is 1.48 bits per heavy atom. The SMILES string of the molecule is CC(C)(C)C(=O)Nc1ccc(C(=O)NCCNC(=O)Nc2ccccc2Cl)cc1. The van der Waals surface area contributed by atoms with Crippen molar-refractivity contribution in [3.8, 4) is 0 Å². The Morgan fingerprint density at radius 3 is 2.10 bits per heavy atom. The maximum absolute atomic E-state index is 12.2. The molecule has 2 rings (SSSR count). The topological polar surface area (TPSA) is 99.3 Å². The molecule has 0 aliphatic heterocycles. The molecule has 0 saturated carbocycles. The number of halogens is 1. The first-order valence-electron chi connectivity index (χ1n) is 9.16. The monoisotopic (exact) mass is 416 g/mol. The third-order valence-electron chi connectivity index (χ3n) is 3.90. The van der Waals surface area contributed by atoms with Gasteiger partial charge in [-0.2, -0.15) is 0 Å². The molecule has 2 aromatic carbocycles. The predicted molar refractivity (Wildman–Crippen MR) is 115 cm³/mol. The second kappa shape index (κ2) is 9.93. The fourth-order valence-electron chi connectivity index (χ4n) is 2.21. The molecule has 0 aliphatic carbocycles. The number of nitrogens with one attached hydrogen (secondary N) is 4. The molecule has 2 aromatic rings. The van der Waals surface area contributed by atoms with E-state index in [0.29, 0.717) is 22.0 Å². The van der Waals surface area contributed by atoms with Gasteiger partial charge in [0.25, 0.3) is 5.91 Å². The lowest BCUT2D eigenvalue weighted by molar-refractivity contribution is -0.123. The number of hydrogen-bond donors (Lipinski definition) is 4. The standard InChI is InChI=1S/C21H25ClN4O3/c1-21(2,3)19(28)25-15-10-8-14(9-11-15)18(27)23-12-13-24-20(29)26-17-7-5-4-6-16(17)22/h4-11H,12-13H2,1-3H3,(H,23,27)(H,25,28)(H2,24,26,29). The van der Waals surface area contributed by atoms with E-state index >= 15 is 0 Å². The fraction of sp³-hybridized carbons (Fsp3) is 0.286. The Balaban J connectivity index is 1.74. The van der Waals surface area contributed by atoms with Gasteiger partial charge in [-0.05, 0) is 36.4 Å². The minimum absolute atomic E-state index is 0.101. The van der Waals surface area contributed by atoms with Crippen molar-refractivity contribution in [2.24, 2.45) is 5.41 Å². The van der Waals surface area contributed by atoms with E-state index < -0.39 is 11.4 Å². The second-order valence-electron chi connectivity index (χ2n) is 7.40. The highest BCUT2D eigenvalue weighted by Gasteiger charge is 2.21. The lowest BCUT2D eigenvalue weighted by Crippen LogP contribution is -2.36. The van der Waals surface area contributed by atoms with Gasteiger partial charge in [-0.1, -0.05) is 44.5 Å². The maximum Gasteiger partial charge on any atom is 0.319 e. The van der Waals surface area contributed by atoms with Crippen molar-refractivity contribution < 1.29 is 14.4 Å². The van der Waals surface area contributed by atoms with Crippen LogP contribution in [0.3, 0.4) is 0 Å². The summed E-state index contributed by atoms with van der Waals surface area (Å²) >= 11 is 5.98. The summed E-state index contributed by atoms with van der Waals surface area (Å²) in [6.07, 6.45) is 0. The van der Waals surface area contributed by atoms with Crippen molar-refractivity contribution in [1.29, 1.82) is 0 Å². The average Bonchev–Trinajstić information content (AvgIpc) is 2.66. The van der Waals surface area contributed by atoms with Crippen LogP contribution in [0.2, 0.25) is 5.02 Å². The first kappa shape index (κ1) is 22.2. The number of benzene rings is 2. The maximum atomic E-state index is 12.2. The van der Waals surface area contributed by atoms with E-state index in [-0.39, 0.29) is 24.9 Å². The van der Waals surface area contributed by atoms with Crippen LogP contribution in [0, 0.1) is 5.41 Å². The predicted octanol–water partition coefficient (Wildman–Crippen LogP) is 3.88. The zero-order valence-corrected chi connectivity index (χ0v) is 17.4. The highest BCUT2D eigenvalue weighted by atomic mass is 35.5. The molecule has 29 heavy (non-hydrogen) atoms. The summed E-state index contributed by atoms with van der Waals surface area (Å²) < 4.78 is 0. The van der Waals surface area contributed by atoms with Crippen molar-refractivity contribution >= 4 is 40.8 Å². The van der Waals surface area contributed by atoms with Gasteiger partial charge in [0.1, 0.15) is 0 Å². The van der Waals surface area contributed by atoms with Crippen LogP contribution in [0.5, 0.6) is 0 Å². The normalized spacial score (nSPS) is 10.8. The van der Waals surface area contributed by atoms with Gasteiger partial charge < -0.3 is 21.3 Å². The molecule has 0 spiro atoms. The lowest BCUT2D eigenvalue weighted by Gasteiger charge is -2.17. The van der Waals surface area contributed by atoms with Crippen LogP contribution in [0.25, 0.3) is 0 Å². The fourth-order valence-corrected chi connectivity index (χ4v) is 2.39. The first-order valence-corrected chi connectivity index (χ1v) is 9.54. The highest BCUT2D eigenvalue weighted by Crippen LogP contribution is 2.20. The number of carbonyl (C=O) groups excluding carboxylic acids is 3. The van der Waals surface area contributed by atoms with E-state index in [1.54, 1.807) is 48.5 Å². The van der Waals surface area contributed by atoms with Crippen molar-refractivity contribution in [2.45, 2.75) is 20.8 Å². The molecule has 154 valence electrons. The Bertz CT molecular complexity index is 876. The third kappa shape index (κ3) is 7.12. The van der Waals surface area contributed by atoms with Crippen molar-refractivity contribution in [3.05, 3.63) is 59.1 Å². The molecule has 8 heteroatoms. The van der Waals surface area contributed by atoms with Gasteiger partial charge in [0.15, 0.2) is 0 Å². The number of anilines is 2. The zero-order valence-electron chi connectivity index (χ0n) is 16.6. The van der Waals surface area contributed by atoms with Crippen LogP contribution in [0.1, 0.15) is 31.1 Å². The molecule has 0 aliphatic rings. The molecule has 4 N–H and O–H groups in total. The average molecular weight is 417 g/mol. The van der Waals surface area contributed by atoms with Crippen LogP contribution in [0.15, 0.2) is 48.5 Å². The van der Waals surface area contributed by atoms with Crippen LogP contribution in [-0.4, -0.2) is 30.9 Å². The molecule has 0 bridgehead atoms. The van der Waals surface area contributed by atoms with Crippen molar-refractivity contribution in [2.75, 3.05) is 23.7 Å². The summed E-state index contributed by atoms with van der Waals surface area (Å²) in [7, 11) is 0. The van der Waals surface area contributed by atoms with E-state index in [4.69, 9.17) is 11.6 Å². The molecule has 0 radical (unpaired) electrons. The molecule has 0 atom stereocenters. The van der Waals surface area contributed by atoms with Gasteiger partial charge >= 0.3 is 6.03 Å². The Morgan fingerprint density at radius 1 is 0.862 bits per heavy atom. The van der Waals surface area contributed by atoms with E-state index in [0.717, 1.165) is 0 Å². The summed E-state index contributed by atoms with van der Waals surface area (Å²) in [5, 5.41) is 11.2. The molecular weight excluding hydrogens is 392 g/mol. The van der Waals surface area contributed by atoms with Crippen LogP contribution in [0.4, 0.5) is 16.2 Å². The first-order chi connectivity index (χ1) is 13.7. The summed E-state index contributed by atoms with van der Waals surface area (Å²) in [5.41, 5.74) is 1.09. The second-order valence-corrected chi connectivity index (χ2v) is 7.81. The largest absolute Gasteiger partial charge is 0.350 e. The van der Waals surface area contributed by atoms with E-state index in [2.05, 4.69) is 21.3 Å². The van der Waals surface area contributed by atoms with Gasteiger partial charge in [-0.25, -0.2) is 4.79 Å². The Labute approximate surface area is 175 Å². The molecule has 7 nitrogen and oxygen atoms in total. The minimum Gasteiger partial charge on any atom is -0.350 e. The van der Waals surface area contributed by atoms with Gasteiger partial charge in [0.2, 0.25) is 5.91 Å². The minimum atomic E-state index is -0.499. The van der Waals surface area contributed by atoms with Crippen LogP contribution >= 0.6 is 11.6 Å². The molecule has 0 heterocycles. The number of urea groups is 1. The van der Waals surface area contributed by atoms with E-state index in [9.17, 15) is 14.4 Å². The quantitative estimate of drug-likeness (QED) is 0.538. The van der Waals surface area contributed by atoms with Crippen molar-refractivity contribution in [3.63, 3.8) is 0 Å².